The first kappa shape index (κ1) is 15.6. The van der Waals surface area contributed by atoms with Crippen LogP contribution in [0.4, 0.5) is 0 Å². The molecule has 21 heavy (non-hydrogen) atoms. The third kappa shape index (κ3) is 4.59. The van der Waals surface area contributed by atoms with Gasteiger partial charge in [0.15, 0.2) is 5.82 Å². The number of benzene rings is 1. The van der Waals surface area contributed by atoms with E-state index in [2.05, 4.69) is 20.8 Å². The van der Waals surface area contributed by atoms with E-state index >= 15 is 0 Å². The van der Waals surface area contributed by atoms with Crippen LogP contribution in [0, 0.1) is 0 Å². The van der Waals surface area contributed by atoms with Crippen molar-refractivity contribution in [1.29, 1.82) is 0 Å². The summed E-state index contributed by atoms with van der Waals surface area (Å²) in [5.41, 5.74) is 0.119. The molecule has 0 aliphatic carbocycles. The van der Waals surface area contributed by atoms with Crippen LogP contribution in [-0.4, -0.2) is 63.0 Å². The van der Waals surface area contributed by atoms with Gasteiger partial charge in [0.2, 0.25) is 0 Å². The third-order valence-electron chi connectivity index (χ3n) is 2.98. The molecule has 0 fully saturated rings. The number of nitrogens with zero attached hydrogens (tertiary/aromatic N) is 5. The topological polar surface area (TPSA) is 79.1 Å². The van der Waals surface area contributed by atoms with E-state index in [4.69, 9.17) is 0 Å². The van der Waals surface area contributed by atoms with Gasteiger partial charge in [0.1, 0.15) is 0 Å². The van der Waals surface area contributed by atoms with E-state index in [0.29, 0.717) is 25.5 Å². The van der Waals surface area contributed by atoms with Crippen LogP contribution in [0.25, 0.3) is 5.69 Å². The Kier molecular flexibility index (Phi) is 5.00. The summed E-state index contributed by atoms with van der Waals surface area (Å²) in [7, 11) is 3.87. The lowest BCUT2D eigenvalue weighted by Gasteiger charge is -2.27. The Hall–Kier alpha value is -1.83. The van der Waals surface area contributed by atoms with Gasteiger partial charge < -0.3 is 15.3 Å². The second kappa shape index (κ2) is 6.75. The van der Waals surface area contributed by atoms with Gasteiger partial charge in [-0.25, -0.2) is 0 Å². The predicted molar refractivity (Wildman–Crippen MR) is 80.0 cm³/mol. The van der Waals surface area contributed by atoms with Gasteiger partial charge in [-0.3, -0.25) is 0 Å². The second-order valence-corrected chi connectivity index (χ2v) is 5.68. The molecule has 7 heteroatoms. The zero-order valence-corrected chi connectivity index (χ0v) is 12.7. The molecule has 0 saturated carbocycles. The normalized spacial score (nSPS) is 14.3. The Balaban J connectivity index is 1.95. The van der Waals surface area contributed by atoms with Gasteiger partial charge in [0, 0.05) is 13.1 Å². The number of nitrogens with one attached hydrogen (secondary N) is 1. The molecule has 1 unspecified atom stereocenters. The van der Waals surface area contributed by atoms with Gasteiger partial charge in [-0.15, -0.1) is 5.10 Å². The average molecular weight is 290 g/mol. The van der Waals surface area contributed by atoms with E-state index in [1.54, 1.807) is 11.6 Å². The molecule has 1 aromatic heterocycles. The van der Waals surface area contributed by atoms with Gasteiger partial charge in [-0.2, -0.15) is 4.68 Å². The van der Waals surface area contributed by atoms with Crippen molar-refractivity contribution >= 4 is 0 Å². The summed E-state index contributed by atoms with van der Waals surface area (Å²) < 4.78 is 1.69. The van der Waals surface area contributed by atoms with Crippen LogP contribution in [0.5, 0.6) is 0 Å². The average Bonchev–Trinajstić information content (AvgIpc) is 2.86. The number of hydrogen-bond donors (Lipinski definition) is 2. The van der Waals surface area contributed by atoms with Crippen molar-refractivity contribution in [2.45, 2.75) is 19.1 Å². The summed E-state index contributed by atoms with van der Waals surface area (Å²) in [4.78, 5) is 1.95. The van der Waals surface area contributed by atoms with E-state index in [1.807, 2.05) is 49.3 Å². The molecular weight excluding hydrogens is 268 g/mol. The summed E-state index contributed by atoms with van der Waals surface area (Å²) in [6.45, 7) is 3.35. The fourth-order valence-corrected chi connectivity index (χ4v) is 2.27. The van der Waals surface area contributed by atoms with Crippen LogP contribution in [-0.2, 0) is 6.54 Å². The molecule has 2 rings (SSSR count). The van der Waals surface area contributed by atoms with Crippen LogP contribution in [0.2, 0.25) is 0 Å². The molecule has 0 aliphatic rings. The summed E-state index contributed by atoms with van der Waals surface area (Å²) in [6, 6.07) is 9.72. The highest BCUT2D eigenvalue weighted by molar-refractivity contribution is 5.30. The first-order valence-electron chi connectivity index (χ1n) is 6.88. The van der Waals surface area contributed by atoms with Crippen LogP contribution in [0.15, 0.2) is 30.3 Å². The fraction of sp³-hybridized carbons (Fsp3) is 0.500. The van der Waals surface area contributed by atoms with Gasteiger partial charge in [-0.1, -0.05) is 18.2 Å². The van der Waals surface area contributed by atoms with Crippen molar-refractivity contribution in [2.24, 2.45) is 0 Å². The number of para-hydroxylation sites is 1. The van der Waals surface area contributed by atoms with Crippen LogP contribution < -0.4 is 5.32 Å². The van der Waals surface area contributed by atoms with E-state index in [-0.39, 0.29) is 0 Å². The number of aliphatic hydroxyl groups is 1. The summed E-state index contributed by atoms with van der Waals surface area (Å²) in [5, 5.41) is 25.2. The van der Waals surface area contributed by atoms with Crippen molar-refractivity contribution < 1.29 is 5.11 Å². The molecule has 0 saturated heterocycles. The molecule has 0 spiro atoms. The van der Waals surface area contributed by atoms with Crippen molar-refractivity contribution in [3.8, 4) is 5.69 Å². The Bertz CT molecular complexity index is 552. The standard InChI is InChI=1S/C14H22N6O/c1-14(21,11-19(2)3)10-15-9-13-16-17-18-20(13)12-7-5-4-6-8-12/h4-8,15,21H,9-11H2,1-3H3. The molecule has 0 bridgehead atoms. The highest BCUT2D eigenvalue weighted by Crippen LogP contribution is 2.07. The Labute approximate surface area is 124 Å². The van der Waals surface area contributed by atoms with Crippen molar-refractivity contribution in [3.05, 3.63) is 36.2 Å². The lowest BCUT2D eigenvalue weighted by Crippen LogP contribution is -2.45. The Morgan fingerprint density at radius 3 is 2.67 bits per heavy atom. The van der Waals surface area contributed by atoms with Gasteiger partial charge in [0.25, 0.3) is 0 Å². The van der Waals surface area contributed by atoms with E-state index in [9.17, 15) is 5.11 Å². The lowest BCUT2D eigenvalue weighted by atomic mass is 10.1. The monoisotopic (exact) mass is 290 g/mol. The third-order valence-corrected chi connectivity index (χ3v) is 2.98. The van der Waals surface area contributed by atoms with Crippen LogP contribution in [0.3, 0.4) is 0 Å². The predicted octanol–water partition coefficient (Wildman–Crippen LogP) is 0.0645. The zero-order valence-electron chi connectivity index (χ0n) is 12.7. The Morgan fingerprint density at radius 2 is 2.00 bits per heavy atom. The summed E-state index contributed by atoms with van der Waals surface area (Å²) >= 11 is 0. The highest BCUT2D eigenvalue weighted by atomic mass is 16.3. The number of likely N-dealkylation sites (N-methyl/N-ethyl adjacent to an activating group) is 1. The first-order chi connectivity index (χ1) is 9.98. The van der Waals surface area contributed by atoms with E-state index in [0.717, 1.165) is 5.69 Å². The molecule has 114 valence electrons. The van der Waals surface area contributed by atoms with Gasteiger partial charge in [-0.05, 0) is 43.6 Å². The minimum atomic E-state index is -0.797. The van der Waals surface area contributed by atoms with Crippen LogP contribution in [0.1, 0.15) is 12.7 Å². The lowest BCUT2D eigenvalue weighted by molar-refractivity contribution is 0.0334. The SMILES string of the molecule is CN(C)CC(C)(O)CNCc1nnnn1-c1ccccc1. The molecule has 2 aromatic rings. The fourth-order valence-electron chi connectivity index (χ4n) is 2.27. The number of aromatic nitrogens is 4. The van der Waals surface area contributed by atoms with Crippen molar-refractivity contribution in [2.75, 3.05) is 27.2 Å². The van der Waals surface area contributed by atoms with Crippen molar-refractivity contribution in [1.82, 2.24) is 30.4 Å². The molecule has 0 amide bonds. The summed E-state index contributed by atoms with van der Waals surface area (Å²) in [5.74, 6) is 0.710. The Morgan fingerprint density at radius 1 is 1.29 bits per heavy atom. The van der Waals surface area contributed by atoms with Crippen molar-refractivity contribution in [3.63, 3.8) is 0 Å². The van der Waals surface area contributed by atoms with Gasteiger partial charge in [0.05, 0.1) is 17.8 Å². The maximum atomic E-state index is 10.2. The molecule has 2 N–H and O–H groups in total. The quantitative estimate of drug-likeness (QED) is 0.751. The maximum Gasteiger partial charge on any atom is 0.170 e. The van der Waals surface area contributed by atoms with E-state index < -0.39 is 5.60 Å². The second-order valence-electron chi connectivity index (χ2n) is 5.68. The molecule has 1 heterocycles. The molecule has 7 nitrogen and oxygen atoms in total. The largest absolute Gasteiger partial charge is 0.388 e. The first-order valence-corrected chi connectivity index (χ1v) is 6.88. The smallest absolute Gasteiger partial charge is 0.170 e. The maximum absolute atomic E-state index is 10.2. The molecule has 0 aliphatic heterocycles. The van der Waals surface area contributed by atoms with Gasteiger partial charge >= 0.3 is 0 Å². The summed E-state index contributed by atoms with van der Waals surface area (Å²) in [6.07, 6.45) is 0. The minimum absolute atomic E-state index is 0.465. The zero-order chi connectivity index (χ0) is 15.3. The number of tetrazole rings is 1. The van der Waals surface area contributed by atoms with Crippen LogP contribution >= 0.6 is 0 Å². The molecule has 1 atom stereocenters. The minimum Gasteiger partial charge on any atom is -0.388 e. The molecule has 0 radical (unpaired) electrons. The molecule has 1 aromatic carbocycles. The number of rotatable bonds is 7. The molecular formula is C14H22N6O. The van der Waals surface area contributed by atoms with E-state index in [1.165, 1.54) is 0 Å². The number of hydrogen-bond acceptors (Lipinski definition) is 6. The highest BCUT2D eigenvalue weighted by Gasteiger charge is 2.21.